The van der Waals surface area contributed by atoms with Gasteiger partial charge in [-0.05, 0) is 54.0 Å². The van der Waals surface area contributed by atoms with Gasteiger partial charge in [-0.2, -0.15) is 5.10 Å². The van der Waals surface area contributed by atoms with E-state index in [2.05, 4.69) is 34.9 Å². The highest BCUT2D eigenvalue weighted by Gasteiger charge is 2.33. The molecule has 0 atom stereocenters. The lowest BCUT2D eigenvalue weighted by atomic mass is 9.77. The molecule has 18 heavy (non-hydrogen) atoms. The second kappa shape index (κ2) is 5.33. The first-order valence-electron chi connectivity index (χ1n) is 6.88. The Labute approximate surface area is 118 Å². The van der Waals surface area contributed by atoms with Crippen LogP contribution in [0, 0.1) is 5.92 Å². The Morgan fingerprint density at radius 2 is 2.06 bits per heavy atom. The molecule has 1 fully saturated rings. The van der Waals surface area contributed by atoms with Gasteiger partial charge in [-0.25, -0.2) is 0 Å². The van der Waals surface area contributed by atoms with E-state index >= 15 is 0 Å². The third kappa shape index (κ3) is 2.80. The Kier molecular flexibility index (Phi) is 4.17. The summed E-state index contributed by atoms with van der Waals surface area (Å²) >= 11 is 3.63. The number of aryl methyl sites for hydroxylation is 2. The molecule has 0 amide bonds. The van der Waals surface area contributed by atoms with Crippen molar-refractivity contribution in [3.05, 3.63) is 15.9 Å². The Balaban J connectivity index is 2.16. The van der Waals surface area contributed by atoms with Crippen molar-refractivity contribution in [3.8, 4) is 0 Å². The SMILES string of the molecule is CCc1nn(C)c(CC2(O)CCC(C)CC2)c1Br. The summed E-state index contributed by atoms with van der Waals surface area (Å²) in [6.07, 6.45) is 5.72. The van der Waals surface area contributed by atoms with Crippen LogP contribution in [0.3, 0.4) is 0 Å². The minimum Gasteiger partial charge on any atom is -0.389 e. The molecule has 1 N–H and O–H groups in total. The van der Waals surface area contributed by atoms with E-state index in [9.17, 15) is 5.11 Å². The maximum absolute atomic E-state index is 10.7. The standard InChI is InChI=1S/C14H23BrN2O/c1-4-11-13(15)12(17(3)16-11)9-14(18)7-5-10(2)6-8-14/h10,18H,4-9H2,1-3H3. The fourth-order valence-corrected chi connectivity index (χ4v) is 3.56. The number of rotatable bonds is 3. The summed E-state index contributed by atoms with van der Waals surface area (Å²) in [4.78, 5) is 0. The summed E-state index contributed by atoms with van der Waals surface area (Å²) in [5.41, 5.74) is 1.68. The van der Waals surface area contributed by atoms with Gasteiger partial charge < -0.3 is 5.11 Å². The van der Waals surface area contributed by atoms with E-state index in [1.165, 1.54) is 0 Å². The van der Waals surface area contributed by atoms with Crippen molar-refractivity contribution in [2.24, 2.45) is 13.0 Å². The number of aromatic nitrogens is 2. The second-order valence-electron chi connectivity index (χ2n) is 5.77. The van der Waals surface area contributed by atoms with Crippen LogP contribution in [0.4, 0.5) is 0 Å². The predicted molar refractivity (Wildman–Crippen MR) is 76.6 cm³/mol. The average Bonchev–Trinajstić information content (AvgIpc) is 2.61. The van der Waals surface area contributed by atoms with Crippen LogP contribution in [0.25, 0.3) is 0 Å². The van der Waals surface area contributed by atoms with E-state index in [1.54, 1.807) is 0 Å². The zero-order valence-electron chi connectivity index (χ0n) is 11.5. The first kappa shape index (κ1) is 14.1. The van der Waals surface area contributed by atoms with E-state index in [1.807, 2.05) is 11.7 Å². The molecule has 0 saturated heterocycles. The number of hydrogen-bond donors (Lipinski definition) is 1. The predicted octanol–water partition coefficient (Wildman–Crippen LogP) is 3.23. The fraction of sp³-hybridized carbons (Fsp3) is 0.786. The molecule has 0 aromatic carbocycles. The molecule has 0 aliphatic heterocycles. The van der Waals surface area contributed by atoms with Crippen LogP contribution in [0.2, 0.25) is 0 Å². The van der Waals surface area contributed by atoms with Gasteiger partial charge in [-0.1, -0.05) is 13.8 Å². The van der Waals surface area contributed by atoms with E-state index < -0.39 is 5.60 Å². The van der Waals surface area contributed by atoms with Crippen molar-refractivity contribution in [2.75, 3.05) is 0 Å². The van der Waals surface area contributed by atoms with Crippen LogP contribution < -0.4 is 0 Å². The lowest BCUT2D eigenvalue weighted by molar-refractivity contribution is -0.00825. The highest BCUT2D eigenvalue weighted by Crippen LogP contribution is 2.36. The lowest BCUT2D eigenvalue weighted by Crippen LogP contribution is -2.36. The highest BCUT2D eigenvalue weighted by atomic mass is 79.9. The summed E-state index contributed by atoms with van der Waals surface area (Å²) in [5.74, 6) is 0.756. The van der Waals surface area contributed by atoms with E-state index in [0.29, 0.717) is 6.42 Å². The second-order valence-corrected chi connectivity index (χ2v) is 6.56. The van der Waals surface area contributed by atoms with Crippen molar-refractivity contribution in [2.45, 2.75) is 58.0 Å². The van der Waals surface area contributed by atoms with Gasteiger partial charge in [0.1, 0.15) is 0 Å². The van der Waals surface area contributed by atoms with Gasteiger partial charge in [-0.15, -0.1) is 0 Å². The topological polar surface area (TPSA) is 38.0 Å². The molecule has 1 heterocycles. The van der Waals surface area contributed by atoms with Crippen molar-refractivity contribution in [1.82, 2.24) is 9.78 Å². The molecule has 1 aromatic rings. The minimum atomic E-state index is -0.534. The quantitative estimate of drug-likeness (QED) is 0.930. The van der Waals surface area contributed by atoms with Crippen LogP contribution in [0.1, 0.15) is 50.9 Å². The Morgan fingerprint density at radius 3 is 2.56 bits per heavy atom. The number of hydrogen-bond acceptors (Lipinski definition) is 2. The number of halogens is 1. The molecule has 2 rings (SSSR count). The van der Waals surface area contributed by atoms with Crippen LogP contribution in [-0.2, 0) is 19.9 Å². The van der Waals surface area contributed by atoms with Crippen molar-refractivity contribution in [1.29, 1.82) is 0 Å². The van der Waals surface area contributed by atoms with Crippen molar-refractivity contribution in [3.63, 3.8) is 0 Å². The average molecular weight is 315 g/mol. The molecule has 102 valence electrons. The van der Waals surface area contributed by atoms with Crippen molar-refractivity contribution >= 4 is 15.9 Å². The van der Waals surface area contributed by atoms with Crippen molar-refractivity contribution < 1.29 is 5.11 Å². The monoisotopic (exact) mass is 314 g/mol. The first-order valence-corrected chi connectivity index (χ1v) is 7.67. The number of aliphatic hydroxyl groups is 1. The van der Waals surface area contributed by atoms with Gasteiger partial charge >= 0.3 is 0 Å². The zero-order chi connectivity index (χ0) is 13.3. The first-order chi connectivity index (χ1) is 8.45. The van der Waals surface area contributed by atoms with Crippen LogP contribution in [0.5, 0.6) is 0 Å². The largest absolute Gasteiger partial charge is 0.389 e. The molecule has 3 nitrogen and oxygen atoms in total. The van der Waals surface area contributed by atoms with Gasteiger partial charge in [0.05, 0.1) is 21.5 Å². The molecule has 0 unspecified atom stereocenters. The zero-order valence-corrected chi connectivity index (χ0v) is 13.1. The van der Waals surface area contributed by atoms with Gasteiger partial charge in [0.25, 0.3) is 0 Å². The lowest BCUT2D eigenvalue weighted by Gasteiger charge is -2.35. The molecule has 1 aliphatic carbocycles. The van der Waals surface area contributed by atoms with Gasteiger partial charge in [0.15, 0.2) is 0 Å². The summed E-state index contributed by atoms with van der Waals surface area (Å²) < 4.78 is 3.00. The minimum absolute atomic E-state index is 0.534. The maximum Gasteiger partial charge on any atom is 0.0766 e. The molecular weight excluding hydrogens is 292 g/mol. The highest BCUT2D eigenvalue weighted by molar-refractivity contribution is 9.10. The normalized spacial score (nSPS) is 28.6. The Hall–Kier alpha value is -0.350. The molecule has 0 radical (unpaired) electrons. The summed E-state index contributed by atoms with van der Waals surface area (Å²) in [6, 6.07) is 0. The molecular formula is C14H23BrN2O. The molecule has 1 aromatic heterocycles. The van der Waals surface area contributed by atoms with Crippen LogP contribution in [-0.4, -0.2) is 20.5 Å². The molecule has 1 aliphatic rings. The smallest absolute Gasteiger partial charge is 0.0766 e. The van der Waals surface area contributed by atoms with Gasteiger partial charge in [0.2, 0.25) is 0 Å². The molecule has 0 spiro atoms. The third-order valence-corrected chi connectivity index (χ3v) is 5.12. The fourth-order valence-electron chi connectivity index (χ4n) is 2.80. The van der Waals surface area contributed by atoms with Crippen LogP contribution in [0.15, 0.2) is 4.47 Å². The maximum atomic E-state index is 10.7. The third-order valence-electron chi connectivity index (χ3n) is 4.20. The van der Waals surface area contributed by atoms with Gasteiger partial charge in [-0.3, -0.25) is 4.68 Å². The molecule has 0 bridgehead atoms. The van der Waals surface area contributed by atoms with E-state index in [4.69, 9.17) is 0 Å². The van der Waals surface area contributed by atoms with Crippen LogP contribution >= 0.6 is 15.9 Å². The van der Waals surface area contributed by atoms with Gasteiger partial charge in [0, 0.05) is 13.5 Å². The molecule has 4 heteroatoms. The Bertz CT molecular complexity index is 420. The summed E-state index contributed by atoms with van der Waals surface area (Å²) in [7, 11) is 1.97. The van der Waals surface area contributed by atoms with E-state index in [0.717, 1.165) is 53.9 Å². The molecule has 1 saturated carbocycles. The number of nitrogens with zero attached hydrogens (tertiary/aromatic N) is 2. The Morgan fingerprint density at radius 1 is 1.44 bits per heavy atom. The summed E-state index contributed by atoms with van der Waals surface area (Å²) in [5, 5.41) is 15.2. The van der Waals surface area contributed by atoms with E-state index in [-0.39, 0.29) is 0 Å². The summed E-state index contributed by atoms with van der Waals surface area (Å²) in [6.45, 7) is 4.38.